The summed E-state index contributed by atoms with van der Waals surface area (Å²) in [6.45, 7) is 1.63. The van der Waals surface area contributed by atoms with E-state index in [0.29, 0.717) is 0 Å². The lowest BCUT2D eigenvalue weighted by Gasteiger charge is -2.13. The lowest BCUT2D eigenvalue weighted by Crippen LogP contribution is -2.37. The average molecular weight is 327 g/mol. The molecule has 1 aromatic heterocycles. The summed E-state index contributed by atoms with van der Waals surface area (Å²) in [6, 6.07) is 8.46. The second kappa shape index (κ2) is 5.99. The molecule has 2 rings (SSSR count). The number of aromatic nitrogens is 1. The van der Waals surface area contributed by atoms with Crippen LogP contribution in [0.25, 0.3) is 10.8 Å². The molecule has 0 spiro atoms. The quantitative estimate of drug-likeness (QED) is 0.872. The molecular weight excluding hydrogens is 312 g/mol. The monoisotopic (exact) mass is 326 g/mol. The van der Waals surface area contributed by atoms with Crippen LogP contribution >= 0.6 is 11.6 Å². The van der Waals surface area contributed by atoms with E-state index in [9.17, 15) is 13.2 Å². The fraction of sp³-hybridized carbons (Fsp3) is 0.286. The van der Waals surface area contributed by atoms with Crippen LogP contribution in [0, 0.1) is 0 Å². The summed E-state index contributed by atoms with van der Waals surface area (Å²) in [5.74, 6) is -0.570. The Bertz CT molecular complexity index is 790. The van der Waals surface area contributed by atoms with Gasteiger partial charge in [0.2, 0.25) is 0 Å². The van der Waals surface area contributed by atoms with Gasteiger partial charge in [-0.05, 0) is 18.4 Å². The van der Waals surface area contributed by atoms with Crippen LogP contribution in [0.3, 0.4) is 0 Å². The van der Waals surface area contributed by atoms with Crippen molar-refractivity contribution in [3.63, 3.8) is 0 Å². The number of nitrogens with zero attached hydrogens (tertiary/aromatic N) is 1. The third kappa shape index (κ3) is 4.15. The Balaban J connectivity index is 2.24. The predicted molar refractivity (Wildman–Crippen MR) is 83.4 cm³/mol. The lowest BCUT2D eigenvalue weighted by atomic mass is 10.1. The minimum atomic E-state index is -3.16. The van der Waals surface area contributed by atoms with Gasteiger partial charge in [-0.15, -0.1) is 0 Å². The van der Waals surface area contributed by atoms with Gasteiger partial charge in [-0.1, -0.05) is 35.9 Å². The number of fused-ring (bicyclic) bond motifs is 1. The molecule has 0 saturated carbocycles. The number of rotatable bonds is 4. The van der Waals surface area contributed by atoms with Crippen molar-refractivity contribution in [2.24, 2.45) is 0 Å². The molecule has 0 aliphatic rings. The highest BCUT2D eigenvalue weighted by Crippen LogP contribution is 2.22. The van der Waals surface area contributed by atoms with Gasteiger partial charge < -0.3 is 5.32 Å². The molecule has 112 valence electrons. The number of nitrogens with one attached hydrogen (secondary N) is 1. The van der Waals surface area contributed by atoms with Crippen molar-refractivity contribution >= 4 is 38.1 Å². The van der Waals surface area contributed by atoms with Gasteiger partial charge in [0, 0.05) is 17.7 Å². The first-order chi connectivity index (χ1) is 9.76. The molecule has 1 N–H and O–H groups in total. The molecule has 21 heavy (non-hydrogen) atoms. The summed E-state index contributed by atoms with van der Waals surface area (Å²) in [6.07, 6.45) is 1.13. The van der Waals surface area contributed by atoms with Crippen molar-refractivity contribution in [2.45, 2.75) is 13.0 Å². The molecule has 0 radical (unpaired) electrons. The molecule has 0 aliphatic carbocycles. The van der Waals surface area contributed by atoms with Gasteiger partial charge in [0.15, 0.2) is 0 Å². The van der Waals surface area contributed by atoms with Crippen LogP contribution in [-0.4, -0.2) is 37.4 Å². The zero-order valence-corrected chi connectivity index (χ0v) is 13.2. The van der Waals surface area contributed by atoms with Crippen LogP contribution in [0.15, 0.2) is 30.3 Å². The number of sulfone groups is 1. The first kappa shape index (κ1) is 15.7. The Hall–Kier alpha value is -1.66. The third-order valence-corrected chi connectivity index (χ3v) is 4.25. The number of halogens is 1. The topological polar surface area (TPSA) is 76.1 Å². The number of hydrogen-bond donors (Lipinski definition) is 1. The Morgan fingerprint density at radius 2 is 2.05 bits per heavy atom. The smallest absolute Gasteiger partial charge is 0.270 e. The first-order valence-electron chi connectivity index (χ1n) is 6.30. The van der Waals surface area contributed by atoms with Crippen molar-refractivity contribution in [1.82, 2.24) is 10.3 Å². The molecule has 2 aromatic rings. The lowest BCUT2D eigenvalue weighted by molar-refractivity contribution is 0.0939. The molecule has 5 nitrogen and oxygen atoms in total. The zero-order valence-electron chi connectivity index (χ0n) is 11.6. The highest BCUT2D eigenvalue weighted by molar-refractivity contribution is 7.90. The van der Waals surface area contributed by atoms with Crippen LogP contribution in [0.1, 0.15) is 17.4 Å². The Kier molecular flexibility index (Phi) is 4.49. The van der Waals surface area contributed by atoms with Gasteiger partial charge in [0.1, 0.15) is 20.7 Å². The number of carbonyl (C=O) groups is 1. The summed E-state index contributed by atoms with van der Waals surface area (Å²) >= 11 is 6.06. The average Bonchev–Trinajstić information content (AvgIpc) is 2.36. The summed E-state index contributed by atoms with van der Waals surface area (Å²) in [4.78, 5) is 16.2. The number of pyridine rings is 1. The molecule has 1 heterocycles. The molecule has 0 aliphatic heterocycles. The fourth-order valence-electron chi connectivity index (χ4n) is 2.07. The standard InChI is InChI=1S/C14H15ClN2O3S/c1-9(8-21(2,19)20)16-14(18)12-7-10-5-3-4-6-11(10)13(15)17-12/h3-7,9H,8H2,1-2H3,(H,16,18). The molecule has 1 amide bonds. The first-order valence-corrected chi connectivity index (χ1v) is 8.74. The molecule has 0 saturated heterocycles. The predicted octanol–water partition coefficient (Wildman–Crippen LogP) is 2.05. The van der Waals surface area contributed by atoms with E-state index in [1.807, 2.05) is 24.3 Å². The van der Waals surface area contributed by atoms with Crippen molar-refractivity contribution in [1.29, 1.82) is 0 Å². The molecule has 0 fully saturated rings. The maximum atomic E-state index is 12.1. The van der Waals surface area contributed by atoms with E-state index < -0.39 is 21.8 Å². The minimum Gasteiger partial charge on any atom is -0.347 e. The van der Waals surface area contributed by atoms with E-state index in [4.69, 9.17) is 11.6 Å². The van der Waals surface area contributed by atoms with Crippen LogP contribution < -0.4 is 5.32 Å². The number of amides is 1. The van der Waals surface area contributed by atoms with Gasteiger partial charge >= 0.3 is 0 Å². The summed E-state index contributed by atoms with van der Waals surface area (Å²) < 4.78 is 22.4. The highest BCUT2D eigenvalue weighted by Gasteiger charge is 2.16. The van der Waals surface area contributed by atoms with Crippen molar-refractivity contribution in [2.75, 3.05) is 12.0 Å². The van der Waals surface area contributed by atoms with Crippen molar-refractivity contribution < 1.29 is 13.2 Å². The zero-order chi connectivity index (χ0) is 15.6. The van der Waals surface area contributed by atoms with E-state index >= 15 is 0 Å². The Morgan fingerprint density at radius 3 is 2.71 bits per heavy atom. The van der Waals surface area contributed by atoms with Gasteiger partial charge in [-0.2, -0.15) is 0 Å². The van der Waals surface area contributed by atoms with E-state index in [-0.39, 0.29) is 16.6 Å². The SMILES string of the molecule is CC(CS(C)(=O)=O)NC(=O)c1cc2ccccc2c(Cl)n1. The molecule has 7 heteroatoms. The summed E-state index contributed by atoms with van der Waals surface area (Å²) in [5, 5.41) is 4.42. The Morgan fingerprint density at radius 1 is 1.38 bits per heavy atom. The summed E-state index contributed by atoms with van der Waals surface area (Å²) in [5.41, 5.74) is 0.166. The van der Waals surface area contributed by atoms with E-state index in [2.05, 4.69) is 10.3 Å². The number of benzene rings is 1. The van der Waals surface area contributed by atoms with Crippen LogP contribution in [0.4, 0.5) is 0 Å². The molecule has 1 atom stereocenters. The molecule has 1 unspecified atom stereocenters. The van der Waals surface area contributed by atoms with E-state index in [0.717, 1.165) is 17.0 Å². The molecule has 0 bridgehead atoms. The third-order valence-electron chi connectivity index (χ3n) is 2.86. The highest BCUT2D eigenvalue weighted by atomic mass is 35.5. The minimum absolute atomic E-state index is 0.125. The van der Waals surface area contributed by atoms with E-state index in [1.54, 1.807) is 13.0 Å². The Labute approximate surface area is 128 Å². The largest absolute Gasteiger partial charge is 0.347 e. The van der Waals surface area contributed by atoms with Gasteiger partial charge in [0.05, 0.1) is 5.75 Å². The molecule has 1 aromatic carbocycles. The van der Waals surface area contributed by atoms with Crippen molar-refractivity contribution in [3.05, 3.63) is 41.2 Å². The van der Waals surface area contributed by atoms with Gasteiger partial charge in [-0.3, -0.25) is 4.79 Å². The fourth-order valence-corrected chi connectivity index (χ4v) is 3.32. The second-order valence-corrected chi connectivity index (χ2v) is 7.53. The van der Waals surface area contributed by atoms with Crippen LogP contribution in [-0.2, 0) is 9.84 Å². The van der Waals surface area contributed by atoms with Gasteiger partial charge in [-0.25, -0.2) is 13.4 Å². The molecular formula is C14H15ClN2O3S. The van der Waals surface area contributed by atoms with Crippen LogP contribution in [0.2, 0.25) is 5.15 Å². The number of carbonyl (C=O) groups excluding carboxylic acids is 1. The van der Waals surface area contributed by atoms with Crippen molar-refractivity contribution in [3.8, 4) is 0 Å². The second-order valence-electron chi connectivity index (χ2n) is 4.99. The summed E-state index contributed by atoms with van der Waals surface area (Å²) in [7, 11) is -3.16. The normalized spacial score (nSPS) is 13.1. The maximum Gasteiger partial charge on any atom is 0.270 e. The van der Waals surface area contributed by atoms with Crippen LogP contribution in [0.5, 0.6) is 0 Å². The number of hydrogen-bond acceptors (Lipinski definition) is 4. The maximum absolute atomic E-state index is 12.1. The van der Waals surface area contributed by atoms with E-state index in [1.165, 1.54) is 0 Å². The van der Waals surface area contributed by atoms with Gasteiger partial charge in [0.25, 0.3) is 5.91 Å².